The molecular formula is C17H27ClO2. The highest BCUT2D eigenvalue weighted by molar-refractivity contribution is 6.63. The van der Waals surface area contributed by atoms with E-state index in [9.17, 15) is 4.79 Å². The molecule has 0 aromatic heterocycles. The number of rotatable bonds is 5. The minimum absolute atomic E-state index is 0.121. The molecule has 0 heterocycles. The summed E-state index contributed by atoms with van der Waals surface area (Å²) in [6.45, 7) is 2.79. The van der Waals surface area contributed by atoms with E-state index in [0.29, 0.717) is 6.10 Å². The Hall–Kier alpha value is -0.340. The molecule has 3 heteroatoms. The van der Waals surface area contributed by atoms with Crippen LogP contribution < -0.4 is 0 Å². The lowest BCUT2D eigenvalue weighted by molar-refractivity contribution is -0.116. The van der Waals surface area contributed by atoms with Gasteiger partial charge >= 0.3 is 0 Å². The third kappa shape index (κ3) is 4.60. The summed E-state index contributed by atoms with van der Waals surface area (Å²) in [4.78, 5) is 11.2. The van der Waals surface area contributed by atoms with Gasteiger partial charge in [-0.1, -0.05) is 12.2 Å². The van der Waals surface area contributed by atoms with Gasteiger partial charge < -0.3 is 4.74 Å². The second-order valence-corrected chi connectivity index (χ2v) is 6.73. The van der Waals surface area contributed by atoms with Crippen LogP contribution in [0.2, 0.25) is 0 Å². The van der Waals surface area contributed by atoms with Gasteiger partial charge in [0.25, 0.3) is 0 Å². The number of carbonyl (C=O) groups is 1. The Labute approximate surface area is 127 Å². The van der Waals surface area contributed by atoms with Crippen molar-refractivity contribution in [2.24, 2.45) is 17.8 Å². The van der Waals surface area contributed by atoms with Gasteiger partial charge in [0.2, 0.25) is 5.24 Å². The predicted octanol–water partition coefficient (Wildman–Crippen LogP) is 4.71. The van der Waals surface area contributed by atoms with Crippen molar-refractivity contribution in [3.63, 3.8) is 0 Å². The molecule has 2 aliphatic carbocycles. The lowest BCUT2D eigenvalue weighted by Gasteiger charge is -2.37. The molecular weight excluding hydrogens is 272 g/mol. The third-order valence-electron chi connectivity index (χ3n) is 5.14. The fourth-order valence-electron chi connectivity index (χ4n) is 3.83. The van der Waals surface area contributed by atoms with E-state index < -0.39 is 0 Å². The maximum absolute atomic E-state index is 11.2. The molecule has 0 atom stereocenters. The van der Waals surface area contributed by atoms with Crippen molar-refractivity contribution in [1.82, 2.24) is 0 Å². The molecule has 2 saturated carbocycles. The molecule has 0 aromatic carbocycles. The topological polar surface area (TPSA) is 26.3 Å². The van der Waals surface area contributed by atoms with E-state index in [1.165, 1.54) is 38.5 Å². The van der Waals surface area contributed by atoms with Gasteiger partial charge in [-0.05, 0) is 81.7 Å². The average molecular weight is 299 g/mol. The first kappa shape index (κ1) is 16.0. The highest BCUT2D eigenvalue weighted by Crippen LogP contribution is 2.40. The largest absolute Gasteiger partial charge is 0.374 e. The quantitative estimate of drug-likeness (QED) is 0.543. The second kappa shape index (κ2) is 8.19. The summed E-state index contributed by atoms with van der Waals surface area (Å²) < 4.78 is 5.86. The Balaban J connectivity index is 1.68. The van der Waals surface area contributed by atoms with Crippen molar-refractivity contribution in [2.45, 2.75) is 64.4 Å². The van der Waals surface area contributed by atoms with Gasteiger partial charge in [-0.15, -0.1) is 0 Å². The Morgan fingerprint density at radius 1 is 1.05 bits per heavy atom. The van der Waals surface area contributed by atoms with Gasteiger partial charge in [-0.3, -0.25) is 4.79 Å². The van der Waals surface area contributed by atoms with Crippen molar-refractivity contribution in [2.75, 3.05) is 6.61 Å². The summed E-state index contributed by atoms with van der Waals surface area (Å²) in [5, 5.41) is -0.121. The molecule has 0 saturated heterocycles. The molecule has 0 radical (unpaired) electrons. The average Bonchev–Trinajstić information content (AvgIpc) is 2.48. The fraction of sp³-hybridized carbons (Fsp3) is 0.824. The first-order chi connectivity index (χ1) is 9.70. The van der Waals surface area contributed by atoms with E-state index in [-0.39, 0.29) is 11.2 Å². The van der Waals surface area contributed by atoms with Gasteiger partial charge in [0.1, 0.15) is 0 Å². The Morgan fingerprint density at radius 2 is 1.60 bits per heavy atom. The van der Waals surface area contributed by atoms with Crippen LogP contribution in [0, 0.1) is 17.8 Å². The zero-order chi connectivity index (χ0) is 14.4. The predicted molar refractivity (Wildman–Crippen MR) is 82.8 cm³/mol. The Morgan fingerprint density at radius 3 is 2.10 bits per heavy atom. The van der Waals surface area contributed by atoms with Crippen LogP contribution in [0.15, 0.2) is 12.2 Å². The fourth-order valence-corrected chi connectivity index (χ4v) is 4.05. The van der Waals surface area contributed by atoms with Gasteiger partial charge in [-0.2, -0.15) is 0 Å². The zero-order valence-corrected chi connectivity index (χ0v) is 13.3. The SMILES string of the molecule is C/C=C/COC1CCC(C2CCC(C(=O)Cl)CC2)CC1. The second-order valence-electron chi connectivity index (χ2n) is 6.35. The van der Waals surface area contributed by atoms with Gasteiger partial charge in [0.15, 0.2) is 0 Å². The normalized spacial score (nSPS) is 35.3. The van der Waals surface area contributed by atoms with E-state index in [1.807, 2.05) is 13.0 Å². The van der Waals surface area contributed by atoms with Crippen molar-refractivity contribution in [1.29, 1.82) is 0 Å². The highest BCUT2D eigenvalue weighted by Gasteiger charge is 2.32. The van der Waals surface area contributed by atoms with Crippen molar-refractivity contribution >= 4 is 16.8 Å². The molecule has 2 aliphatic rings. The Kier molecular flexibility index (Phi) is 6.57. The summed E-state index contributed by atoms with van der Waals surface area (Å²) in [6.07, 6.45) is 14.0. The van der Waals surface area contributed by atoms with Crippen LogP contribution in [0.5, 0.6) is 0 Å². The molecule has 2 nitrogen and oxygen atoms in total. The molecule has 0 spiro atoms. The minimum Gasteiger partial charge on any atom is -0.374 e. The number of hydrogen-bond acceptors (Lipinski definition) is 2. The van der Waals surface area contributed by atoms with Crippen LogP contribution in [0.3, 0.4) is 0 Å². The van der Waals surface area contributed by atoms with Gasteiger partial charge in [-0.25, -0.2) is 0 Å². The molecule has 0 aromatic rings. The molecule has 0 amide bonds. The maximum Gasteiger partial charge on any atom is 0.224 e. The summed E-state index contributed by atoms with van der Waals surface area (Å²) in [6, 6.07) is 0. The van der Waals surface area contributed by atoms with Crippen molar-refractivity contribution in [3.05, 3.63) is 12.2 Å². The Bertz CT molecular complexity index is 324. The number of allylic oxidation sites excluding steroid dienone is 1. The summed E-state index contributed by atoms with van der Waals surface area (Å²) in [7, 11) is 0. The third-order valence-corrected chi connectivity index (χ3v) is 5.45. The summed E-state index contributed by atoms with van der Waals surface area (Å²) >= 11 is 5.61. The smallest absolute Gasteiger partial charge is 0.224 e. The molecule has 2 rings (SSSR count). The molecule has 0 aliphatic heterocycles. The first-order valence-corrected chi connectivity index (χ1v) is 8.50. The van der Waals surface area contributed by atoms with E-state index in [0.717, 1.165) is 31.3 Å². The van der Waals surface area contributed by atoms with Crippen LogP contribution in [-0.4, -0.2) is 18.0 Å². The molecule has 0 N–H and O–H groups in total. The highest BCUT2D eigenvalue weighted by atomic mass is 35.5. The van der Waals surface area contributed by atoms with Crippen LogP contribution in [0.1, 0.15) is 58.3 Å². The van der Waals surface area contributed by atoms with Crippen LogP contribution in [0.25, 0.3) is 0 Å². The lowest BCUT2D eigenvalue weighted by atomic mass is 9.71. The van der Waals surface area contributed by atoms with E-state index in [4.69, 9.17) is 16.3 Å². The van der Waals surface area contributed by atoms with E-state index >= 15 is 0 Å². The zero-order valence-electron chi connectivity index (χ0n) is 12.5. The minimum atomic E-state index is -0.121. The van der Waals surface area contributed by atoms with Gasteiger partial charge in [0, 0.05) is 5.92 Å². The monoisotopic (exact) mass is 298 g/mol. The molecule has 0 unspecified atom stereocenters. The van der Waals surface area contributed by atoms with Crippen LogP contribution >= 0.6 is 11.6 Å². The van der Waals surface area contributed by atoms with E-state index in [2.05, 4.69) is 6.08 Å². The standard InChI is InChI=1S/C17H27ClO2/c1-2-3-12-20-16-10-8-14(9-11-16)13-4-6-15(7-5-13)17(18)19/h2-3,13-16H,4-12H2,1H3/b3-2+. The molecule has 2 fully saturated rings. The van der Waals surface area contributed by atoms with Crippen molar-refractivity contribution < 1.29 is 9.53 Å². The number of hydrogen-bond donors (Lipinski definition) is 0. The number of halogens is 1. The summed E-state index contributed by atoms with van der Waals surface area (Å²) in [5.74, 6) is 1.80. The maximum atomic E-state index is 11.2. The van der Waals surface area contributed by atoms with E-state index in [1.54, 1.807) is 0 Å². The number of carbonyl (C=O) groups excluding carboxylic acids is 1. The van der Waals surface area contributed by atoms with Gasteiger partial charge in [0.05, 0.1) is 12.7 Å². The molecule has 114 valence electrons. The molecule has 20 heavy (non-hydrogen) atoms. The summed E-state index contributed by atoms with van der Waals surface area (Å²) in [5.41, 5.74) is 0. The van der Waals surface area contributed by atoms with Crippen LogP contribution in [0.4, 0.5) is 0 Å². The van der Waals surface area contributed by atoms with Crippen molar-refractivity contribution in [3.8, 4) is 0 Å². The van der Waals surface area contributed by atoms with Crippen LogP contribution in [-0.2, 0) is 9.53 Å². The first-order valence-electron chi connectivity index (χ1n) is 8.12. The number of ether oxygens (including phenoxy) is 1. The lowest BCUT2D eigenvalue weighted by Crippen LogP contribution is -2.29. The molecule has 0 bridgehead atoms.